The van der Waals surface area contributed by atoms with Crippen molar-refractivity contribution < 1.29 is 14.3 Å². The van der Waals surface area contributed by atoms with Crippen molar-refractivity contribution in [1.29, 1.82) is 5.26 Å². The molecule has 27 heavy (non-hydrogen) atoms. The maximum absolute atomic E-state index is 11.2. The van der Waals surface area contributed by atoms with Crippen LogP contribution in [0.1, 0.15) is 32.8 Å². The van der Waals surface area contributed by atoms with Crippen molar-refractivity contribution in [3.8, 4) is 23.1 Å². The molecule has 8 heteroatoms. The van der Waals surface area contributed by atoms with Gasteiger partial charge in [0, 0.05) is 11.8 Å². The zero-order chi connectivity index (χ0) is 20.0. The molecule has 2 N–H and O–H groups in total. The second-order valence-corrected chi connectivity index (χ2v) is 7.13. The number of nitrogens with zero attached hydrogens (tertiary/aromatic N) is 3. The van der Waals surface area contributed by atoms with Gasteiger partial charge in [0.25, 0.3) is 0 Å². The molecule has 1 aromatic carbocycles. The highest BCUT2D eigenvalue weighted by molar-refractivity contribution is 6.28. The number of ether oxygens (including phenoxy) is 2. The van der Waals surface area contributed by atoms with Crippen molar-refractivity contribution in [2.24, 2.45) is 11.7 Å². The number of carbonyl (C=O) groups excluding carboxylic acids is 1. The Labute approximate surface area is 163 Å². The Morgan fingerprint density at radius 1 is 1.41 bits per heavy atom. The molecule has 0 aliphatic rings. The number of primary amides is 1. The van der Waals surface area contributed by atoms with E-state index in [-0.39, 0.29) is 17.8 Å². The lowest BCUT2D eigenvalue weighted by Gasteiger charge is -2.30. The zero-order valence-electron chi connectivity index (χ0n) is 15.4. The number of hydrogen-bond acceptors (Lipinski definition) is 6. The Balaban J connectivity index is 2.23. The first-order chi connectivity index (χ1) is 12.7. The maximum Gasteiger partial charge on any atom is 0.405 e. The topological polar surface area (TPSA) is 111 Å². The van der Waals surface area contributed by atoms with Gasteiger partial charge in [0.05, 0.1) is 11.3 Å². The van der Waals surface area contributed by atoms with Crippen LogP contribution in [0.15, 0.2) is 30.5 Å². The maximum atomic E-state index is 11.2. The highest BCUT2D eigenvalue weighted by atomic mass is 35.5. The zero-order valence-corrected chi connectivity index (χ0v) is 16.2. The normalized spacial score (nSPS) is 12.9. The SMILES string of the molecule is CC(C)CC(C)(COc1ccc(-c2ccnc(Cl)n2)cc1C#N)OC(N)=O. The average molecular weight is 389 g/mol. The van der Waals surface area contributed by atoms with Crippen LogP contribution >= 0.6 is 11.6 Å². The molecule has 0 saturated heterocycles. The fraction of sp³-hybridized carbons (Fsp3) is 0.368. The summed E-state index contributed by atoms with van der Waals surface area (Å²) in [7, 11) is 0. The molecule has 1 unspecified atom stereocenters. The minimum absolute atomic E-state index is 0.0709. The molecule has 0 saturated carbocycles. The monoisotopic (exact) mass is 388 g/mol. The summed E-state index contributed by atoms with van der Waals surface area (Å²) in [6, 6.07) is 8.90. The molecule has 1 aromatic heterocycles. The van der Waals surface area contributed by atoms with Gasteiger partial charge in [-0.05, 0) is 55.1 Å². The molecule has 0 radical (unpaired) electrons. The van der Waals surface area contributed by atoms with E-state index in [4.69, 9.17) is 26.8 Å². The van der Waals surface area contributed by atoms with E-state index in [0.29, 0.717) is 29.0 Å². The van der Waals surface area contributed by atoms with Crippen LogP contribution in [-0.4, -0.2) is 28.3 Å². The van der Waals surface area contributed by atoms with Gasteiger partial charge < -0.3 is 15.2 Å². The van der Waals surface area contributed by atoms with Crippen LogP contribution in [0.2, 0.25) is 5.28 Å². The van der Waals surface area contributed by atoms with Crippen LogP contribution in [0.5, 0.6) is 5.75 Å². The lowest BCUT2D eigenvalue weighted by molar-refractivity contribution is -0.0186. The number of nitriles is 1. The van der Waals surface area contributed by atoms with Crippen LogP contribution in [-0.2, 0) is 4.74 Å². The van der Waals surface area contributed by atoms with Gasteiger partial charge in [-0.15, -0.1) is 0 Å². The van der Waals surface area contributed by atoms with Crippen molar-refractivity contribution >= 4 is 17.7 Å². The van der Waals surface area contributed by atoms with E-state index in [2.05, 4.69) is 16.0 Å². The molecule has 1 amide bonds. The molecule has 0 aliphatic heterocycles. The summed E-state index contributed by atoms with van der Waals surface area (Å²) in [6.45, 7) is 5.83. The molecule has 142 valence electrons. The highest BCUT2D eigenvalue weighted by Crippen LogP contribution is 2.28. The summed E-state index contributed by atoms with van der Waals surface area (Å²) in [5.74, 6) is 0.641. The molecule has 1 heterocycles. The summed E-state index contributed by atoms with van der Waals surface area (Å²) in [4.78, 5) is 19.2. The Morgan fingerprint density at radius 2 is 2.15 bits per heavy atom. The summed E-state index contributed by atoms with van der Waals surface area (Å²) in [5.41, 5.74) is 5.92. The lowest BCUT2D eigenvalue weighted by Crippen LogP contribution is -2.41. The smallest absolute Gasteiger partial charge is 0.405 e. The van der Waals surface area contributed by atoms with Gasteiger partial charge in [0.2, 0.25) is 5.28 Å². The standard InChI is InChI=1S/C19H21ClN4O3/c1-12(2)9-19(3,27-18(22)25)11-26-16-5-4-13(8-14(16)10-21)15-6-7-23-17(20)24-15/h4-8,12H,9,11H2,1-3H3,(H2,22,25). The predicted molar refractivity (Wildman–Crippen MR) is 101 cm³/mol. The number of rotatable bonds is 7. The molecular formula is C19H21ClN4O3. The molecule has 0 spiro atoms. The summed E-state index contributed by atoms with van der Waals surface area (Å²) >= 11 is 5.82. The number of benzene rings is 1. The van der Waals surface area contributed by atoms with Gasteiger partial charge in [-0.1, -0.05) is 13.8 Å². The Bertz CT molecular complexity index is 866. The van der Waals surface area contributed by atoms with Crippen molar-refractivity contribution in [3.05, 3.63) is 41.3 Å². The molecule has 0 aliphatic carbocycles. The van der Waals surface area contributed by atoms with E-state index in [1.165, 1.54) is 0 Å². The van der Waals surface area contributed by atoms with Crippen LogP contribution in [0.25, 0.3) is 11.3 Å². The van der Waals surface area contributed by atoms with Gasteiger partial charge in [-0.25, -0.2) is 14.8 Å². The van der Waals surface area contributed by atoms with Gasteiger partial charge in [-0.3, -0.25) is 0 Å². The molecular weight excluding hydrogens is 368 g/mol. The van der Waals surface area contributed by atoms with Gasteiger partial charge in [0.1, 0.15) is 24.0 Å². The number of amides is 1. The number of nitrogens with two attached hydrogens (primary N) is 1. The van der Waals surface area contributed by atoms with Gasteiger partial charge >= 0.3 is 6.09 Å². The van der Waals surface area contributed by atoms with E-state index in [1.807, 2.05) is 13.8 Å². The Hall–Kier alpha value is -2.85. The molecule has 2 aromatic rings. The molecule has 0 fully saturated rings. The molecule has 2 rings (SSSR count). The largest absolute Gasteiger partial charge is 0.488 e. The second kappa shape index (κ2) is 8.69. The van der Waals surface area contributed by atoms with Crippen molar-refractivity contribution in [3.63, 3.8) is 0 Å². The molecule has 7 nitrogen and oxygen atoms in total. The third-order valence-corrected chi connectivity index (χ3v) is 3.92. The van der Waals surface area contributed by atoms with Gasteiger partial charge in [0.15, 0.2) is 0 Å². The number of aromatic nitrogens is 2. The first-order valence-electron chi connectivity index (χ1n) is 8.37. The summed E-state index contributed by atoms with van der Waals surface area (Å²) in [6.07, 6.45) is 1.24. The van der Waals surface area contributed by atoms with E-state index < -0.39 is 11.7 Å². The second-order valence-electron chi connectivity index (χ2n) is 6.79. The fourth-order valence-electron chi connectivity index (χ4n) is 2.87. The Kier molecular flexibility index (Phi) is 6.59. The summed E-state index contributed by atoms with van der Waals surface area (Å²) in [5, 5.41) is 9.59. The summed E-state index contributed by atoms with van der Waals surface area (Å²) < 4.78 is 11.0. The Morgan fingerprint density at radius 3 is 2.74 bits per heavy atom. The number of halogens is 1. The minimum atomic E-state index is -0.897. The van der Waals surface area contributed by atoms with E-state index in [9.17, 15) is 10.1 Å². The van der Waals surface area contributed by atoms with Crippen molar-refractivity contribution in [1.82, 2.24) is 9.97 Å². The van der Waals surface area contributed by atoms with Crippen LogP contribution < -0.4 is 10.5 Å². The average Bonchev–Trinajstić information content (AvgIpc) is 2.58. The van der Waals surface area contributed by atoms with Crippen LogP contribution in [0.4, 0.5) is 4.79 Å². The van der Waals surface area contributed by atoms with Crippen LogP contribution in [0.3, 0.4) is 0 Å². The molecule has 0 bridgehead atoms. The third kappa shape index (κ3) is 5.83. The minimum Gasteiger partial charge on any atom is -0.488 e. The van der Waals surface area contributed by atoms with E-state index in [0.717, 1.165) is 0 Å². The van der Waals surface area contributed by atoms with Crippen LogP contribution in [0, 0.1) is 17.2 Å². The quantitative estimate of drug-likeness (QED) is 0.719. The highest BCUT2D eigenvalue weighted by Gasteiger charge is 2.30. The molecule has 1 atom stereocenters. The fourth-order valence-corrected chi connectivity index (χ4v) is 3.01. The van der Waals surface area contributed by atoms with E-state index in [1.54, 1.807) is 37.4 Å². The first kappa shape index (κ1) is 20.5. The number of hydrogen-bond donors (Lipinski definition) is 1. The van der Waals surface area contributed by atoms with Gasteiger partial charge in [-0.2, -0.15) is 5.26 Å². The number of carbonyl (C=O) groups is 1. The van der Waals surface area contributed by atoms with Crippen molar-refractivity contribution in [2.75, 3.05) is 6.61 Å². The van der Waals surface area contributed by atoms with Crippen molar-refractivity contribution in [2.45, 2.75) is 32.8 Å². The lowest BCUT2D eigenvalue weighted by atomic mass is 9.95. The first-order valence-corrected chi connectivity index (χ1v) is 8.74. The van der Waals surface area contributed by atoms with E-state index >= 15 is 0 Å². The third-order valence-electron chi connectivity index (χ3n) is 3.74. The predicted octanol–water partition coefficient (Wildman–Crippen LogP) is 3.95.